The second kappa shape index (κ2) is 12.1. The molecule has 2 aromatic carbocycles. The number of amides is 1. The third kappa shape index (κ3) is 7.42. The SMILES string of the molecule is COc1ccc(C(NC(=O)C(C)(CCN2CCC(NS(C)(=O)=O)CC2)c2ccc(Cl)c(Cl)c2)C2CC2)cc1. The zero-order valence-corrected chi connectivity index (χ0v) is 24.5. The second-order valence-corrected chi connectivity index (χ2v) is 13.4. The highest BCUT2D eigenvalue weighted by Gasteiger charge is 2.40. The smallest absolute Gasteiger partial charge is 0.230 e. The molecule has 2 N–H and O–H groups in total. The number of likely N-dealkylation sites (tertiary alicyclic amines) is 1. The van der Waals surface area contributed by atoms with E-state index in [-0.39, 0.29) is 18.0 Å². The van der Waals surface area contributed by atoms with Gasteiger partial charge in [-0.2, -0.15) is 0 Å². The average molecular weight is 583 g/mol. The highest BCUT2D eigenvalue weighted by Crippen LogP contribution is 2.42. The van der Waals surface area contributed by atoms with Crippen molar-refractivity contribution in [2.75, 3.05) is 33.0 Å². The molecule has 2 aromatic rings. The summed E-state index contributed by atoms with van der Waals surface area (Å²) in [6.07, 6.45) is 5.42. The number of sulfonamides is 1. The highest BCUT2D eigenvalue weighted by atomic mass is 35.5. The van der Waals surface area contributed by atoms with Gasteiger partial charge in [0.1, 0.15) is 5.75 Å². The van der Waals surface area contributed by atoms with Crippen molar-refractivity contribution in [3.05, 3.63) is 63.6 Å². The predicted octanol–water partition coefficient (Wildman–Crippen LogP) is 4.93. The van der Waals surface area contributed by atoms with Crippen LogP contribution in [0.15, 0.2) is 42.5 Å². The minimum absolute atomic E-state index is 0.0442. The summed E-state index contributed by atoms with van der Waals surface area (Å²) in [6, 6.07) is 13.2. The summed E-state index contributed by atoms with van der Waals surface area (Å²) in [5, 5.41) is 4.25. The number of methoxy groups -OCH3 is 1. The van der Waals surface area contributed by atoms with Crippen LogP contribution in [-0.2, 0) is 20.2 Å². The van der Waals surface area contributed by atoms with Gasteiger partial charge in [-0.25, -0.2) is 13.1 Å². The van der Waals surface area contributed by atoms with Crippen LogP contribution in [-0.4, -0.2) is 58.3 Å². The lowest BCUT2D eigenvalue weighted by atomic mass is 9.77. The molecule has 0 spiro atoms. The van der Waals surface area contributed by atoms with Gasteiger partial charge in [0.15, 0.2) is 0 Å². The Morgan fingerprint density at radius 1 is 1.08 bits per heavy atom. The molecule has 2 aliphatic rings. The number of nitrogens with one attached hydrogen (secondary N) is 2. The molecule has 0 radical (unpaired) electrons. The van der Waals surface area contributed by atoms with Crippen molar-refractivity contribution in [2.45, 2.75) is 56.5 Å². The van der Waals surface area contributed by atoms with E-state index in [2.05, 4.69) is 14.9 Å². The minimum Gasteiger partial charge on any atom is -0.497 e. The summed E-state index contributed by atoms with van der Waals surface area (Å²) in [5.41, 5.74) is 1.05. The Morgan fingerprint density at radius 2 is 1.74 bits per heavy atom. The molecule has 1 aliphatic heterocycles. The van der Waals surface area contributed by atoms with Gasteiger partial charge in [0, 0.05) is 6.04 Å². The average Bonchev–Trinajstić information content (AvgIpc) is 3.72. The number of hydrogen-bond acceptors (Lipinski definition) is 5. The standard InChI is InChI=1S/C28H37Cl2N3O4S/c1-28(21-8-11-24(29)25(30)18-21,14-17-33-15-12-22(13-16-33)32-38(3,35)36)27(34)31-26(19-4-5-19)20-6-9-23(37-2)10-7-20/h6-11,18-19,22,26,32H,4-5,12-17H2,1-3H3,(H,31,34). The van der Waals surface area contributed by atoms with Gasteiger partial charge in [-0.05, 0) is 100.0 Å². The number of benzene rings is 2. The maximum Gasteiger partial charge on any atom is 0.230 e. The summed E-state index contributed by atoms with van der Waals surface area (Å²) >= 11 is 12.6. The maximum atomic E-state index is 14.1. The molecule has 1 saturated carbocycles. The molecule has 2 fully saturated rings. The van der Waals surface area contributed by atoms with Crippen molar-refractivity contribution in [3.63, 3.8) is 0 Å². The Hall–Kier alpha value is -1.84. The molecule has 0 bridgehead atoms. The topological polar surface area (TPSA) is 87.7 Å². The molecule has 10 heteroatoms. The zero-order valence-electron chi connectivity index (χ0n) is 22.2. The first kappa shape index (κ1) is 29.2. The Morgan fingerprint density at radius 3 is 2.29 bits per heavy atom. The lowest BCUT2D eigenvalue weighted by Gasteiger charge is -2.36. The van der Waals surface area contributed by atoms with Crippen molar-refractivity contribution in [2.24, 2.45) is 5.92 Å². The summed E-state index contributed by atoms with van der Waals surface area (Å²) < 4.78 is 31.2. The van der Waals surface area contributed by atoms with E-state index in [1.807, 2.05) is 37.3 Å². The maximum absolute atomic E-state index is 14.1. The summed E-state index contributed by atoms with van der Waals surface area (Å²) in [7, 11) is -1.58. The van der Waals surface area contributed by atoms with Crippen LogP contribution in [0.25, 0.3) is 0 Å². The number of carbonyl (C=O) groups is 1. The van der Waals surface area contributed by atoms with Gasteiger partial charge in [0.25, 0.3) is 0 Å². The van der Waals surface area contributed by atoms with Crippen LogP contribution in [0.5, 0.6) is 5.75 Å². The van der Waals surface area contributed by atoms with Crippen molar-refractivity contribution in [1.82, 2.24) is 14.9 Å². The molecular weight excluding hydrogens is 545 g/mol. The summed E-state index contributed by atoms with van der Waals surface area (Å²) in [6.45, 7) is 4.20. The molecule has 2 unspecified atom stereocenters. The largest absolute Gasteiger partial charge is 0.497 e. The Kier molecular flexibility index (Phi) is 9.30. The molecule has 1 saturated heterocycles. The predicted molar refractivity (Wildman–Crippen MR) is 152 cm³/mol. The fourth-order valence-corrected chi connectivity index (χ4v) is 6.34. The number of carbonyl (C=O) groups excluding carboxylic acids is 1. The molecule has 0 aromatic heterocycles. The lowest BCUT2D eigenvalue weighted by molar-refractivity contribution is -0.127. The molecule has 2 atom stereocenters. The van der Waals surface area contributed by atoms with Crippen molar-refractivity contribution >= 4 is 39.1 Å². The van der Waals surface area contributed by atoms with Gasteiger partial charge in [0.2, 0.25) is 15.9 Å². The number of halogens is 2. The fourth-order valence-electron chi connectivity index (χ4n) is 5.20. The second-order valence-electron chi connectivity index (χ2n) is 10.8. The molecule has 4 rings (SSSR count). The van der Waals surface area contributed by atoms with E-state index in [0.717, 1.165) is 55.6 Å². The molecule has 208 valence electrons. The minimum atomic E-state index is -3.22. The van der Waals surface area contributed by atoms with Crippen molar-refractivity contribution < 1.29 is 17.9 Å². The third-order valence-corrected chi connectivity index (χ3v) is 9.31. The Labute approximate surface area is 236 Å². The van der Waals surface area contributed by atoms with E-state index in [4.69, 9.17) is 27.9 Å². The summed E-state index contributed by atoms with van der Waals surface area (Å²) in [4.78, 5) is 16.4. The van der Waals surface area contributed by atoms with E-state index in [1.165, 1.54) is 6.26 Å². The first-order valence-corrected chi connectivity index (χ1v) is 15.7. The zero-order chi connectivity index (χ0) is 27.5. The summed E-state index contributed by atoms with van der Waals surface area (Å²) in [5.74, 6) is 1.15. The third-order valence-electron chi connectivity index (χ3n) is 7.81. The normalized spacial score (nSPS) is 19.5. The van der Waals surface area contributed by atoms with Crippen LogP contribution in [0.2, 0.25) is 10.0 Å². The van der Waals surface area contributed by atoms with E-state index >= 15 is 0 Å². The Balaban J connectivity index is 1.51. The number of piperidine rings is 1. The molecule has 1 heterocycles. The Bertz CT molecular complexity index is 1230. The van der Waals surface area contributed by atoms with E-state index < -0.39 is 15.4 Å². The van der Waals surface area contributed by atoms with Crippen LogP contribution in [0.1, 0.15) is 56.2 Å². The highest BCUT2D eigenvalue weighted by molar-refractivity contribution is 7.88. The van der Waals surface area contributed by atoms with Gasteiger partial charge in [-0.3, -0.25) is 4.79 Å². The fraction of sp³-hybridized carbons (Fsp3) is 0.536. The first-order chi connectivity index (χ1) is 18.0. The van der Waals surface area contributed by atoms with E-state index in [0.29, 0.717) is 28.9 Å². The van der Waals surface area contributed by atoms with Crippen LogP contribution < -0.4 is 14.8 Å². The van der Waals surface area contributed by atoms with Gasteiger partial charge in [-0.15, -0.1) is 0 Å². The number of ether oxygens (including phenoxy) is 1. The molecule has 7 nitrogen and oxygen atoms in total. The molecule has 1 amide bonds. The molecule has 38 heavy (non-hydrogen) atoms. The number of nitrogens with zero attached hydrogens (tertiary/aromatic N) is 1. The van der Waals surface area contributed by atoms with Crippen molar-refractivity contribution in [3.8, 4) is 5.75 Å². The van der Waals surface area contributed by atoms with Gasteiger partial charge in [-0.1, -0.05) is 41.4 Å². The van der Waals surface area contributed by atoms with Gasteiger partial charge >= 0.3 is 0 Å². The lowest BCUT2D eigenvalue weighted by Crippen LogP contribution is -2.48. The van der Waals surface area contributed by atoms with Crippen LogP contribution in [0.3, 0.4) is 0 Å². The van der Waals surface area contributed by atoms with E-state index in [9.17, 15) is 13.2 Å². The molecule has 1 aliphatic carbocycles. The molecular formula is C28H37Cl2N3O4S. The number of rotatable bonds is 11. The van der Waals surface area contributed by atoms with Crippen molar-refractivity contribution in [1.29, 1.82) is 0 Å². The van der Waals surface area contributed by atoms with Gasteiger partial charge in [0.05, 0.1) is 34.9 Å². The monoisotopic (exact) mass is 581 g/mol. The van der Waals surface area contributed by atoms with Crippen LogP contribution in [0, 0.1) is 5.92 Å². The van der Waals surface area contributed by atoms with Gasteiger partial charge < -0.3 is 15.0 Å². The van der Waals surface area contributed by atoms with Crippen LogP contribution >= 0.6 is 23.2 Å². The quantitative estimate of drug-likeness (QED) is 0.393. The number of hydrogen-bond donors (Lipinski definition) is 2. The van der Waals surface area contributed by atoms with Crippen LogP contribution in [0.4, 0.5) is 0 Å². The van der Waals surface area contributed by atoms with E-state index in [1.54, 1.807) is 19.2 Å². The first-order valence-electron chi connectivity index (χ1n) is 13.1.